The second-order valence-corrected chi connectivity index (χ2v) is 5.95. The van der Waals surface area contributed by atoms with Crippen molar-refractivity contribution in [2.75, 3.05) is 0 Å². The summed E-state index contributed by atoms with van der Waals surface area (Å²) in [6.45, 7) is 7.81. The molecule has 0 fully saturated rings. The van der Waals surface area contributed by atoms with Gasteiger partial charge in [0.25, 0.3) is 5.91 Å². The lowest BCUT2D eigenvalue weighted by molar-refractivity contribution is 0.0932. The van der Waals surface area contributed by atoms with Gasteiger partial charge < -0.3 is 14.8 Å². The maximum absolute atomic E-state index is 12.3. The summed E-state index contributed by atoms with van der Waals surface area (Å²) in [5.74, 6) is 1.06. The Bertz CT molecular complexity index is 733. The summed E-state index contributed by atoms with van der Waals surface area (Å²) in [7, 11) is 0. The van der Waals surface area contributed by atoms with Gasteiger partial charge in [0.2, 0.25) is 11.4 Å². The first-order chi connectivity index (χ1) is 10.9. The van der Waals surface area contributed by atoms with Gasteiger partial charge in [0.05, 0.1) is 0 Å². The topological polar surface area (TPSA) is 101 Å². The highest BCUT2D eigenvalue weighted by atomic mass is 16.5. The van der Waals surface area contributed by atoms with Crippen LogP contribution in [0.3, 0.4) is 0 Å². The molecule has 7 nitrogen and oxygen atoms in total. The predicted octanol–water partition coefficient (Wildman–Crippen LogP) is 2.01. The number of H-pyrrole nitrogens is 1. The predicted molar refractivity (Wildman–Crippen MR) is 85.2 cm³/mol. The molecule has 2 rings (SSSR count). The zero-order valence-corrected chi connectivity index (χ0v) is 13.8. The number of rotatable bonds is 6. The molecular weight excluding hydrogens is 296 g/mol. The zero-order chi connectivity index (χ0) is 17.0. The quantitative estimate of drug-likeness (QED) is 0.848. The van der Waals surface area contributed by atoms with E-state index < -0.39 is 6.04 Å². The second kappa shape index (κ2) is 7.21. The van der Waals surface area contributed by atoms with Gasteiger partial charge in [0.1, 0.15) is 6.04 Å². The van der Waals surface area contributed by atoms with Crippen molar-refractivity contribution >= 4 is 5.91 Å². The molecule has 0 aromatic carbocycles. The third-order valence-corrected chi connectivity index (χ3v) is 3.34. The van der Waals surface area contributed by atoms with Gasteiger partial charge in [-0.05, 0) is 25.3 Å². The Morgan fingerprint density at radius 3 is 2.74 bits per heavy atom. The van der Waals surface area contributed by atoms with E-state index in [2.05, 4.69) is 34.3 Å². The van der Waals surface area contributed by atoms with Gasteiger partial charge in [-0.2, -0.15) is 4.98 Å². The first kappa shape index (κ1) is 16.9. The SMILES string of the molecule is CCc1cc(C(=O)N[C@H](C)c2nc(CC(C)C)no2)cc(=O)[nH]1. The Morgan fingerprint density at radius 2 is 2.09 bits per heavy atom. The first-order valence-corrected chi connectivity index (χ1v) is 7.75. The van der Waals surface area contributed by atoms with Crippen LogP contribution in [0.1, 0.15) is 61.5 Å². The minimum absolute atomic E-state index is 0.292. The van der Waals surface area contributed by atoms with Crippen LogP contribution in [0.4, 0.5) is 0 Å². The van der Waals surface area contributed by atoms with Crippen molar-refractivity contribution in [2.24, 2.45) is 5.92 Å². The minimum atomic E-state index is -0.430. The molecule has 0 saturated heterocycles. The largest absolute Gasteiger partial charge is 0.341 e. The molecule has 0 unspecified atom stereocenters. The molecule has 124 valence electrons. The summed E-state index contributed by atoms with van der Waals surface area (Å²) in [5.41, 5.74) is 0.742. The highest BCUT2D eigenvalue weighted by Crippen LogP contribution is 2.13. The number of amides is 1. The number of pyridine rings is 1. The fraction of sp³-hybridized carbons (Fsp3) is 0.500. The molecule has 7 heteroatoms. The maximum Gasteiger partial charge on any atom is 0.252 e. The fourth-order valence-electron chi connectivity index (χ4n) is 2.16. The molecule has 2 aromatic heterocycles. The summed E-state index contributed by atoms with van der Waals surface area (Å²) < 4.78 is 5.19. The number of aryl methyl sites for hydroxylation is 1. The van der Waals surface area contributed by atoms with Crippen molar-refractivity contribution in [3.05, 3.63) is 45.5 Å². The Balaban J connectivity index is 2.09. The van der Waals surface area contributed by atoms with E-state index in [1.54, 1.807) is 13.0 Å². The van der Waals surface area contributed by atoms with E-state index >= 15 is 0 Å². The van der Waals surface area contributed by atoms with Crippen LogP contribution in [0, 0.1) is 5.92 Å². The van der Waals surface area contributed by atoms with Gasteiger partial charge in [0.15, 0.2) is 5.82 Å². The number of hydrogen-bond donors (Lipinski definition) is 2. The van der Waals surface area contributed by atoms with Crippen LogP contribution in [-0.4, -0.2) is 21.0 Å². The van der Waals surface area contributed by atoms with Crippen LogP contribution in [0.5, 0.6) is 0 Å². The molecule has 1 amide bonds. The maximum atomic E-state index is 12.3. The third-order valence-electron chi connectivity index (χ3n) is 3.34. The molecule has 1 atom stereocenters. The third kappa shape index (κ3) is 4.51. The lowest BCUT2D eigenvalue weighted by atomic mass is 10.1. The van der Waals surface area contributed by atoms with E-state index in [1.165, 1.54) is 6.07 Å². The summed E-state index contributed by atoms with van der Waals surface area (Å²) in [6, 6.07) is 2.51. The number of carbonyl (C=O) groups is 1. The Hall–Kier alpha value is -2.44. The van der Waals surface area contributed by atoms with Gasteiger partial charge in [0, 0.05) is 23.7 Å². The van der Waals surface area contributed by atoms with Crippen LogP contribution >= 0.6 is 0 Å². The molecule has 0 spiro atoms. The molecule has 2 heterocycles. The minimum Gasteiger partial charge on any atom is -0.341 e. The average molecular weight is 318 g/mol. The Kier molecular flexibility index (Phi) is 5.31. The second-order valence-electron chi connectivity index (χ2n) is 5.95. The molecule has 0 aliphatic carbocycles. The normalized spacial score (nSPS) is 12.4. The number of aromatic nitrogens is 3. The van der Waals surface area contributed by atoms with Crippen LogP contribution < -0.4 is 10.9 Å². The van der Waals surface area contributed by atoms with Gasteiger partial charge >= 0.3 is 0 Å². The van der Waals surface area contributed by atoms with Gasteiger partial charge in [-0.25, -0.2) is 0 Å². The van der Waals surface area contributed by atoms with Crippen molar-refractivity contribution in [3.63, 3.8) is 0 Å². The van der Waals surface area contributed by atoms with E-state index in [-0.39, 0.29) is 11.5 Å². The molecule has 0 aliphatic rings. The van der Waals surface area contributed by atoms with Crippen molar-refractivity contribution in [1.82, 2.24) is 20.4 Å². The highest BCUT2D eigenvalue weighted by Gasteiger charge is 2.18. The lowest BCUT2D eigenvalue weighted by Crippen LogP contribution is -2.28. The van der Waals surface area contributed by atoms with Crippen molar-refractivity contribution in [2.45, 2.75) is 46.6 Å². The van der Waals surface area contributed by atoms with Gasteiger partial charge in [-0.1, -0.05) is 25.9 Å². The number of aromatic amines is 1. The summed E-state index contributed by atoms with van der Waals surface area (Å²) >= 11 is 0. The van der Waals surface area contributed by atoms with E-state index in [0.717, 1.165) is 6.42 Å². The van der Waals surface area contributed by atoms with Crippen LogP contribution in [-0.2, 0) is 12.8 Å². The van der Waals surface area contributed by atoms with Crippen LogP contribution in [0.15, 0.2) is 21.5 Å². The number of hydrogen-bond acceptors (Lipinski definition) is 5. The van der Waals surface area contributed by atoms with E-state index in [0.29, 0.717) is 35.3 Å². The van der Waals surface area contributed by atoms with Gasteiger partial charge in [-0.3, -0.25) is 9.59 Å². The van der Waals surface area contributed by atoms with E-state index in [4.69, 9.17) is 4.52 Å². The zero-order valence-electron chi connectivity index (χ0n) is 13.8. The van der Waals surface area contributed by atoms with Crippen molar-refractivity contribution < 1.29 is 9.32 Å². The van der Waals surface area contributed by atoms with E-state index in [1.807, 2.05) is 6.92 Å². The molecule has 0 aliphatic heterocycles. The molecule has 2 aromatic rings. The molecule has 0 radical (unpaired) electrons. The van der Waals surface area contributed by atoms with Crippen molar-refractivity contribution in [3.8, 4) is 0 Å². The molecule has 23 heavy (non-hydrogen) atoms. The summed E-state index contributed by atoms with van der Waals surface area (Å²) in [4.78, 5) is 30.8. The standard InChI is InChI=1S/C16H22N4O3/c1-5-12-7-11(8-14(21)18-12)15(22)17-10(4)16-19-13(20-23-16)6-9(2)3/h7-10H,5-6H2,1-4H3,(H,17,22)(H,18,21)/t10-/m1/s1. The number of nitrogens with one attached hydrogen (secondary N) is 2. The van der Waals surface area contributed by atoms with E-state index in [9.17, 15) is 9.59 Å². The molecule has 0 bridgehead atoms. The summed E-state index contributed by atoms with van der Waals surface area (Å²) in [5, 5.41) is 6.68. The fourth-order valence-corrected chi connectivity index (χ4v) is 2.16. The lowest BCUT2D eigenvalue weighted by Gasteiger charge is -2.10. The number of carbonyl (C=O) groups excluding carboxylic acids is 1. The first-order valence-electron chi connectivity index (χ1n) is 7.75. The average Bonchev–Trinajstić information content (AvgIpc) is 2.94. The summed E-state index contributed by atoms with van der Waals surface area (Å²) in [6.07, 6.45) is 1.37. The molecular formula is C16H22N4O3. The Morgan fingerprint density at radius 1 is 1.35 bits per heavy atom. The Labute approximate surface area is 134 Å². The highest BCUT2D eigenvalue weighted by molar-refractivity contribution is 5.94. The monoisotopic (exact) mass is 318 g/mol. The van der Waals surface area contributed by atoms with Crippen LogP contribution in [0.2, 0.25) is 0 Å². The van der Waals surface area contributed by atoms with Gasteiger partial charge in [-0.15, -0.1) is 0 Å². The molecule has 0 saturated carbocycles. The smallest absolute Gasteiger partial charge is 0.252 e. The number of nitrogens with zero attached hydrogens (tertiary/aromatic N) is 2. The van der Waals surface area contributed by atoms with Crippen LogP contribution in [0.25, 0.3) is 0 Å². The van der Waals surface area contributed by atoms with Crippen molar-refractivity contribution in [1.29, 1.82) is 0 Å². The molecule has 2 N–H and O–H groups in total.